The Morgan fingerprint density at radius 2 is 2.22 bits per heavy atom. The molecule has 1 atom stereocenters. The van der Waals surface area contributed by atoms with Gasteiger partial charge in [0.1, 0.15) is 6.33 Å². The highest BCUT2D eigenvalue weighted by Gasteiger charge is 2.25. The van der Waals surface area contributed by atoms with Gasteiger partial charge in [-0.1, -0.05) is 12.5 Å². The predicted octanol–water partition coefficient (Wildman–Crippen LogP) is 1.54. The molecule has 23 heavy (non-hydrogen) atoms. The van der Waals surface area contributed by atoms with Gasteiger partial charge in [-0.25, -0.2) is 9.97 Å². The van der Waals surface area contributed by atoms with E-state index in [2.05, 4.69) is 31.0 Å². The van der Waals surface area contributed by atoms with E-state index < -0.39 is 0 Å². The number of nitrogens with one attached hydrogen (secondary N) is 1. The molecule has 0 aliphatic carbocycles. The molecule has 0 unspecified atom stereocenters. The number of hydrogen-bond donors (Lipinski definition) is 1. The van der Waals surface area contributed by atoms with E-state index in [0.717, 1.165) is 30.8 Å². The first-order chi connectivity index (χ1) is 11.3. The number of aromatic nitrogens is 5. The zero-order valence-electron chi connectivity index (χ0n) is 12.7. The van der Waals surface area contributed by atoms with Crippen molar-refractivity contribution < 1.29 is 0 Å². The van der Waals surface area contributed by atoms with Crippen LogP contribution in [-0.2, 0) is 6.54 Å². The topological polar surface area (TPSA) is 79.2 Å². The Hall–Kier alpha value is -2.54. The van der Waals surface area contributed by atoms with Crippen molar-refractivity contribution in [3.8, 4) is 0 Å². The highest BCUT2D eigenvalue weighted by molar-refractivity contribution is 5.26. The van der Waals surface area contributed by atoms with Crippen LogP contribution in [0.4, 0.5) is 0 Å². The van der Waals surface area contributed by atoms with Crippen LogP contribution < -0.4 is 5.56 Å². The molecule has 4 heterocycles. The summed E-state index contributed by atoms with van der Waals surface area (Å²) in [6.45, 7) is 1.63. The molecule has 0 radical (unpaired) electrons. The van der Waals surface area contributed by atoms with Crippen LogP contribution in [-0.4, -0.2) is 36.0 Å². The first-order valence-corrected chi connectivity index (χ1v) is 7.88. The Morgan fingerprint density at radius 1 is 1.26 bits per heavy atom. The third-order valence-corrected chi connectivity index (χ3v) is 4.33. The van der Waals surface area contributed by atoms with Crippen LogP contribution >= 0.6 is 0 Å². The Balaban J connectivity index is 1.63. The van der Waals surface area contributed by atoms with E-state index in [0.29, 0.717) is 12.3 Å². The SMILES string of the molecule is O=c1cc(CN2CCCC[C@H]2c2ccccn2)nc2nc[nH]n12. The largest absolute Gasteiger partial charge is 0.289 e. The Labute approximate surface area is 133 Å². The predicted molar refractivity (Wildman–Crippen MR) is 84.8 cm³/mol. The number of fused-ring (bicyclic) bond motifs is 1. The zero-order chi connectivity index (χ0) is 15.6. The molecule has 4 rings (SSSR count). The minimum Gasteiger partial charge on any atom is -0.289 e. The van der Waals surface area contributed by atoms with Crippen LogP contribution in [0.15, 0.2) is 41.6 Å². The van der Waals surface area contributed by atoms with Gasteiger partial charge in [-0.15, -0.1) is 0 Å². The second-order valence-corrected chi connectivity index (χ2v) is 5.85. The third-order valence-electron chi connectivity index (χ3n) is 4.33. The average molecular weight is 310 g/mol. The molecular weight excluding hydrogens is 292 g/mol. The van der Waals surface area contributed by atoms with Crippen molar-refractivity contribution in [1.82, 2.24) is 29.5 Å². The molecule has 3 aromatic rings. The normalized spacial score (nSPS) is 19.2. The fraction of sp³-hybridized carbons (Fsp3) is 0.375. The maximum Gasteiger partial charge on any atom is 0.274 e. The maximum absolute atomic E-state index is 12.1. The quantitative estimate of drug-likeness (QED) is 0.794. The molecule has 1 fully saturated rings. The number of nitrogens with zero attached hydrogens (tertiary/aromatic N) is 5. The highest BCUT2D eigenvalue weighted by Crippen LogP contribution is 2.30. The van der Waals surface area contributed by atoms with Gasteiger partial charge in [0.25, 0.3) is 11.3 Å². The van der Waals surface area contributed by atoms with Gasteiger partial charge in [-0.3, -0.25) is 19.8 Å². The summed E-state index contributed by atoms with van der Waals surface area (Å²) >= 11 is 0. The van der Waals surface area contributed by atoms with Crippen LogP contribution in [0.25, 0.3) is 5.78 Å². The summed E-state index contributed by atoms with van der Waals surface area (Å²) in [7, 11) is 0. The molecule has 0 spiro atoms. The van der Waals surface area contributed by atoms with Gasteiger partial charge in [-0.05, 0) is 31.5 Å². The maximum atomic E-state index is 12.1. The lowest BCUT2D eigenvalue weighted by Crippen LogP contribution is -2.34. The average Bonchev–Trinajstić information content (AvgIpc) is 3.05. The number of rotatable bonds is 3. The molecule has 0 saturated carbocycles. The minimum absolute atomic E-state index is 0.131. The van der Waals surface area contributed by atoms with Crippen molar-refractivity contribution in [3.05, 3.63) is 58.5 Å². The first kappa shape index (κ1) is 14.1. The first-order valence-electron chi connectivity index (χ1n) is 7.88. The monoisotopic (exact) mass is 310 g/mol. The van der Waals surface area contributed by atoms with Gasteiger partial charge in [0.15, 0.2) is 0 Å². The summed E-state index contributed by atoms with van der Waals surface area (Å²) in [5, 5.41) is 2.76. The van der Waals surface area contributed by atoms with E-state index >= 15 is 0 Å². The summed E-state index contributed by atoms with van der Waals surface area (Å²) in [5.41, 5.74) is 1.71. The van der Waals surface area contributed by atoms with Gasteiger partial charge in [0.05, 0.1) is 17.4 Å². The van der Waals surface area contributed by atoms with Crippen LogP contribution in [0.1, 0.15) is 36.7 Å². The molecule has 1 saturated heterocycles. The van der Waals surface area contributed by atoms with Crippen molar-refractivity contribution in [1.29, 1.82) is 0 Å². The van der Waals surface area contributed by atoms with Crippen molar-refractivity contribution >= 4 is 5.78 Å². The van der Waals surface area contributed by atoms with E-state index in [9.17, 15) is 4.79 Å². The highest BCUT2D eigenvalue weighted by atomic mass is 16.1. The molecule has 1 aliphatic heterocycles. The number of H-pyrrole nitrogens is 1. The molecule has 1 aliphatic rings. The smallest absolute Gasteiger partial charge is 0.274 e. The lowest BCUT2D eigenvalue weighted by molar-refractivity contribution is 0.135. The fourth-order valence-corrected chi connectivity index (χ4v) is 3.25. The van der Waals surface area contributed by atoms with Crippen molar-refractivity contribution in [3.63, 3.8) is 0 Å². The molecule has 0 aromatic carbocycles. The number of aromatic amines is 1. The molecule has 3 aromatic heterocycles. The molecule has 0 bridgehead atoms. The summed E-state index contributed by atoms with van der Waals surface area (Å²) < 4.78 is 1.34. The van der Waals surface area contributed by atoms with E-state index in [4.69, 9.17) is 0 Å². The standard InChI is InChI=1S/C16H18N6O/c23-15-9-12(20-16-18-11-19-22(15)16)10-21-8-4-2-6-14(21)13-5-1-3-7-17-13/h1,3,5,7,9,11,14H,2,4,6,8,10H2,(H,18,19,20)/t14-/m0/s1. The number of piperidine rings is 1. The molecular formula is C16H18N6O. The summed E-state index contributed by atoms with van der Waals surface area (Å²) in [4.78, 5) is 27.5. The number of pyridine rings is 1. The summed E-state index contributed by atoms with van der Waals surface area (Å²) in [6, 6.07) is 7.89. The lowest BCUT2D eigenvalue weighted by atomic mass is 9.98. The molecule has 7 heteroatoms. The van der Waals surface area contributed by atoms with Crippen molar-refractivity contribution in [2.24, 2.45) is 0 Å². The van der Waals surface area contributed by atoms with Crippen LogP contribution in [0.3, 0.4) is 0 Å². The Morgan fingerprint density at radius 3 is 3.09 bits per heavy atom. The van der Waals surface area contributed by atoms with Crippen LogP contribution in [0.2, 0.25) is 0 Å². The van der Waals surface area contributed by atoms with Gasteiger partial charge in [0, 0.05) is 18.8 Å². The van der Waals surface area contributed by atoms with Crippen LogP contribution in [0.5, 0.6) is 0 Å². The molecule has 0 amide bonds. The van der Waals surface area contributed by atoms with Gasteiger partial charge < -0.3 is 0 Å². The Bertz CT molecular complexity index is 856. The third kappa shape index (κ3) is 2.75. The fourth-order valence-electron chi connectivity index (χ4n) is 3.25. The van der Waals surface area contributed by atoms with Crippen molar-refractivity contribution in [2.45, 2.75) is 31.8 Å². The molecule has 1 N–H and O–H groups in total. The number of hydrogen-bond acceptors (Lipinski definition) is 5. The van der Waals surface area contributed by atoms with E-state index in [1.54, 1.807) is 6.07 Å². The van der Waals surface area contributed by atoms with E-state index in [-0.39, 0.29) is 11.6 Å². The zero-order valence-corrected chi connectivity index (χ0v) is 12.7. The lowest BCUT2D eigenvalue weighted by Gasteiger charge is -2.35. The van der Waals surface area contributed by atoms with Gasteiger partial charge in [-0.2, -0.15) is 4.52 Å². The number of likely N-dealkylation sites (tertiary alicyclic amines) is 1. The second kappa shape index (κ2) is 5.92. The Kier molecular flexibility index (Phi) is 3.63. The van der Waals surface area contributed by atoms with E-state index in [1.807, 2.05) is 18.3 Å². The second-order valence-electron chi connectivity index (χ2n) is 5.85. The summed E-state index contributed by atoms with van der Waals surface area (Å²) in [5.74, 6) is 0.416. The summed E-state index contributed by atoms with van der Waals surface area (Å²) in [6.07, 6.45) is 6.76. The van der Waals surface area contributed by atoms with E-state index in [1.165, 1.54) is 17.3 Å². The van der Waals surface area contributed by atoms with Gasteiger partial charge >= 0.3 is 0 Å². The van der Waals surface area contributed by atoms with Crippen molar-refractivity contribution in [2.75, 3.05) is 6.54 Å². The van der Waals surface area contributed by atoms with Gasteiger partial charge in [0.2, 0.25) is 0 Å². The van der Waals surface area contributed by atoms with Crippen LogP contribution in [0, 0.1) is 0 Å². The molecule has 7 nitrogen and oxygen atoms in total. The molecule has 118 valence electrons. The minimum atomic E-state index is -0.131.